The average Bonchev–Trinajstić information content (AvgIpc) is 3.34. The number of ether oxygens (including phenoxy) is 1. The third-order valence-corrected chi connectivity index (χ3v) is 5.45. The number of carbonyl (C=O) groups excluding carboxylic acids is 2. The number of methoxy groups -OCH3 is 1. The number of esters is 1. The normalized spacial score (nSPS) is 10.5. The number of pyridine rings is 1. The quantitative estimate of drug-likeness (QED) is 0.343. The Morgan fingerprint density at radius 2 is 2.25 bits per heavy atom. The summed E-state index contributed by atoms with van der Waals surface area (Å²) >= 11 is 2.46. The third kappa shape index (κ3) is 4.46. The summed E-state index contributed by atoms with van der Waals surface area (Å²) in [6, 6.07) is 5.38. The van der Waals surface area contributed by atoms with Crippen molar-refractivity contribution >= 4 is 40.7 Å². The number of carbonyl (C=O) groups is 2. The zero-order valence-electron chi connectivity index (χ0n) is 15.0. The van der Waals surface area contributed by atoms with Gasteiger partial charge in [0.05, 0.1) is 18.6 Å². The predicted octanol–water partition coefficient (Wildman–Crippen LogP) is 3.11. The third-order valence-electron chi connectivity index (χ3n) is 3.59. The fraction of sp³-hybridized carbons (Fsp3) is 0.167. The highest BCUT2D eigenvalue weighted by atomic mass is 32.2. The van der Waals surface area contributed by atoms with E-state index in [1.54, 1.807) is 29.9 Å². The minimum Gasteiger partial charge on any atom is -0.465 e. The first kappa shape index (κ1) is 19.8. The molecular formula is C18H17N5O3S2. The molecule has 0 aliphatic heterocycles. The Bertz CT molecular complexity index is 984. The molecule has 3 aromatic heterocycles. The first-order valence-corrected chi connectivity index (χ1v) is 10.0. The van der Waals surface area contributed by atoms with Crippen molar-refractivity contribution in [3.63, 3.8) is 0 Å². The van der Waals surface area contributed by atoms with Gasteiger partial charge in [0.15, 0.2) is 11.0 Å². The van der Waals surface area contributed by atoms with Crippen LogP contribution in [-0.4, -0.2) is 44.5 Å². The van der Waals surface area contributed by atoms with Crippen molar-refractivity contribution in [3.8, 4) is 11.4 Å². The molecule has 10 heteroatoms. The van der Waals surface area contributed by atoms with Gasteiger partial charge in [0.1, 0.15) is 4.88 Å². The fourth-order valence-corrected chi connectivity index (χ4v) is 3.89. The number of rotatable bonds is 8. The predicted molar refractivity (Wildman–Crippen MR) is 108 cm³/mol. The van der Waals surface area contributed by atoms with Crippen molar-refractivity contribution in [2.24, 2.45) is 0 Å². The smallest absolute Gasteiger partial charge is 0.350 e. The van der Waals surface area contributed by atoms with Crippen LogP contribution in [-0.2, 0) is 16.1 Å². The molecule has 144 valence electrons. The summed E-state index contributed by atoms with van der Waals surface area (Å²) in [7, 11) is 1.30. The molecular weight excluding hydrogens is 398 g/mol. The second-order valence-corrected chi connectivity index (χ2v) is 7.30. The Labute approximate surface area is 169 Å². The van der Waals surface area contributed by atoms with Crippen molar-refractivity contribution in [2.45, 2.75) is 11.7 Å². The van der Waals surface area contributed by atoms with Gasteiger partial charge in [-0.3, -0.25) is 14.3 Å². The van der Waals surface area contributed by atoms with Crippen molar-refractivity contribution in [1.29, 1.82) is 0 Å². The van der Waals surface area contributed by atoms with Gasteiger partial charge in [-0.2, -0.15) is 0 Å². The van der Waals surface area contributed by atoms with E-state index in [9.17, 15) is 9.59 Å². The van der Waals surface area contributed by atoms with Crippen molar-refractivity contribution in [3.05, 3.63) is 53.5 Å². The summed E-state index contributed by atoms with van der Waals surface area (Å²) in [6.45, 7) is 4.27. The highest BCUT2D eigenvalue weighted by molar-refractivity contribution is 7.99. The minimum atomic E-state index is -0.482. The molecule has 1 N–H and O–H groups in total. The highest BCUT2D eigenvalue weighted by Gasteiger charge is 2.18. The lowest BCUT2D eigenvalue weighted by molar-refractivity contribution is -0.113. The number of aromatic nitrogens is 4. The summed E-state index contributed by atoms with van der Waals surface area (Å²) in [5, 5.41) is 13.4. The molecule has 28 heavy (non-hydrogen) atoms. The molecule has 3 rings (SSSR count). The van der Waals surface area contributed by atoms with Crippen LogP contribution in [0.3, 0.4) is 0 Å². The van der Waals surface area contributed by atoms with Crippen molar-refractivity contribution < 1.29 is 14.3 Å². The molecule has 0 saturated carbocycles. The molecule has 3 heterocycles. The Balaban J connectivity index is 1.70. The fourth-order valence-electron chi connectivity index (χ4n) is 2.37. The Kier molecular flexibility index (Phi) is 6.56. The SMILES string of the molecule is C=CCn1c(SCC(=O)Nc2ccsc2C(=O)OC)nnc1-c1cccnc1. The average molecular weight is 416 g/mol. The zero-order chi connectivity index (χ0) is 19.9. The van der Waals surface area contributed by atoms with Crippen molar-refractivity contribution in [2.75, 3.05) is 18.2 Å². The Hall–Kier alpha value is -2.98. The molecule has 0 aliphatic rings. The van der Waals surface area contributed by atoms with E-state index in [0.717, 1.165) is 5.56 Å². The van der Waals surface area contributed by atoms with Gasteiger partial charge in [-0.1, -0.05) is 17.8 Å². The lowest BCUT2D eigenvalue weighted by atomic mass is 10.3. The first-order valence-electron chi connectivity index (χ1n) is 8.17. The van der Waals surface area contributed by atoms with Crippen LogP contribution in [0.5, 0.6) is 0 Å². The van der Waals surface area contributed by atoms with E-state index in [4.69, 9.17) is 4.74 Å². The largest absolute Gasteiger partial charge is 0.465 e. The van der Waals surface area contributed by atoms with E-state index in [-0.39, 0.29) is 11.7 Å². The van der Waals surface area contributed by atoms with E-state index in [2.05, 4.69) is 27.1 Å². The summed E-state index contributed by atoms with van der Waals surface area (Å²) in [4.78, 5) is 28.5. The number of amides is 1. The second-order valence-electron chi connectivity index (χ2n) is 5.44. The van der Waals surface area contributed by atoms with Gasteiger partial charge in [0, 0.05) is 24.5 Å². The van der Waals surface area contributed by atoms with Crippen LogP contribution in [0, 0.1) is 0 Å². The zero-order valence-corrected chi connectivity index (χ0v) is 16.6. The van der Waals surface area contributed by atoms with Crippen molar-refractivity contribution in [1.82, 2.24) is 19.7 Å². The molecule has 3 aromatic rings. The van der Waals surface area contributed by atoms with Crippen LogP contribution < -0.4 is 5.32 Å². The topological polar surface area (TPSA) is 99.0 Å². The molecule has 1 amide bonds. The molecule has 0 radical (unpaired) electrons. The first-order chi connectivity index (χ1) is 13.6. The number of hydrogen-bond donors (Lipinski definition) is 1. The van der Waals surface area contributed by atoms with Gasteiger partial charge in [-0.25, -0.2) is 4.79 Å². The number of hydrogen-bond acceptors (Lipinski definition) is 8. The molecule has 0 bridgehead atoms. The Morgan fingerprint density at radius 3 is 2.96 bits per heavy atom. The molecule has 0 aromatic carbocycles. The van der Waals surface area contributed by atoms with Crippen LogP contribution in [0.1, 0.15) is 9.67 Å². The highest BCUT2D eigenvalue weighted by Crippen LogP contribution is 2.25. The van der Waals surface area contributed by atoms with Crippen LogP contribution in [0.4, 0.5) is 5.69 Å². The second kappa shape index (κ2) is 9.29. The van der Waals surface area contributed by atoms with Crippen LogP contribution >= 0.6 is 23.1 Å². The molecule has 0 spiro atoms. The number of nitrogens with one attached hydrogen (secondary N) is 1. The van der Waals surface area contributed by atoms with Gasteiger partial charge >= 0.3 is 5.97 Å². The summed E-state index contributed by atoms with van der Waals surface area (Å²) in [5.41, 5.74) is 1.26. The van der Waals surface area contributed by atoms with Gasteiger partial charge < -0.3 is 10.1 Å². The van der Waals surface area contributed by atoms with Crippen LogP contribution in [0.15, 0.2) is 53.8 Å². The lowest BCUT2D eigenvalue weighted by Gasteiger charge is -2.08. The monoisotopic (exact) mass is 415 g/mol. The summed E-state index contributed by atoms with van der Waals surface area (Å²) in [5.74, 6) is 0.0230. The standard InChI is InChI=1S/C18H17N5O3S2/c1-3-8-23-16(12-5-4-7-19-10-12)21-22-18(23)28-11-14(24)20-13-6-9-27-15(13)17(25)26-2/h3-7,9-10H,1,8,11H2,2H3,(H,20,24). The number of allylic oxidation sites excluding steroid dienone is 1. The maximum atomic E-state index is 12.3. The number of thioether (sulfide) groups is 1. The maximum Gasteiger partial charge on any atom is 0.350 e. The van der Waals surface area contributed by atoms with E-state index < -0.39 is 5.97 Å². The van der Waals surface area contributed by atoms with E-state index >= 15 is 0 Å². The Morgan fingerprint density at radius 1 is 1.39 bits per heavy atom. The number of nitrogens with zero attached hydrogens (tertiary/aromatic N) is 4. The van der Waals surface area contributed by atoms with Crippen LogP contribution in [0.2, 0.25) is 0 Å². The van der Waals surface area contributed by atoms with Gasteiger partial charge in [-0.05, 0) is 23.6 Å². The van der Waals surface area contributed by atoms with Crippen LogP contribution in [0.25, 0.3) is 11.4 Å². The summed E-state index contributed by atoms with van der Waals surface area (Å²) in [6.07, 6.45) is 5.13. The molecule has 0 saturated heterocycles. The molecule has 0 unspecified atom stereocenters. The maximum absolute atomic E-state index is 12.3. The van der Waals surface area contributed by atoms with Gasteiger partial charge in [0.25, 0.3) is 0 Å². The molecule has 0 fully saturated rings. The number of anilines is 1. The molecule has 0 aliphatic carbocycles. The minimum absolute atomic E-state index is 0.110. The molecule has 0 atom stereocenters. The van der Waals surface area contributed by atoms with E-state index in [1.165, 1.54) is 30.2 Å². The lowest BCUT2D eigenvalue weighted by Crippen LogP contribution is -2.16. The van der Waals surface area contributed by atoms with Gasteiger partial charge in [0.2, 0.25) is 5.91 Å². The summed E-state index contributed by atoms with van der Waals surface area (Å²) < 4.78 is 6.58. The number of thiophene rings is 1. The van der Waals surface area contributed by atoms with Gasteiger partial charge in [-0.15, -0.1) is 28.1 Å². The van der Waals surface area contributed by atoms with E-state index in [1.807, 2.05) is 16.7 Å². The molecule has 8 nitrogen and oxygen atoms in total. The van der Waals surface area contributed by atoms with E-state index in [0.29, 0.717) is 28.1 Å².